The van der Waals surface area contributed by atoms with Crippen molar-refractivity contribution in [1.82, 2.24) is 0 Å². The lowest BCUT2D eigenvalue weighted by molar-refractivity contribution is 1.35. The molecule has 1 rings (SSSR count). The Morgan fingerprint density at radius 2 is 1.47 bits per heavy atom. The first kappa shape index (κ1) is 15.3. The van der Waals surface area contributed by atoms with Gasteiger partial charge in [0, 0.05) is 10.2 Å². The van der Waals surface area contributed by atoms with Gasteiger partial charge in [0.05, 0.1) is 5.02 Å². The molecule has 0 aliphatic carbocycles. The molecular weight excluding hydrogens is 330 g/mol. The normalized spacial score (nSPS) is 12.7. The van der Waals surface area contributed by atoms with E-state index in [0.717, 1.165) is 9.50 Å². The van der Waals surface area contributed by atoms with Gasteiger partial charge in [0.2, 0.25) is 0 Å². The Balaban J connectivity index is 3.34. The van der Waals surface area contributed by atoms with Crippen molar-refractivity contribution in [2.45, 2.75) is 39.3 Å². The highest BCUT2D eigenvalue weighted by Crippen LogP contribution is 2.35. The predicted octanol–water partition coefficient (Wildman–Crippen LogP) is 5.58. The molecule has 0 unspecified atom stereocenters. The molecule has 0 fully saturated rings. The quantitative estimate of drug-likeness (QED) is 0.643. The summed E-state index contributed by atoms with van der Waals surface area (Å²) >= 11 is 9.88. The van der Waals surface area contributed by atoms with Crippen molar-refractivity contribution in [2.75, 3.05) is 4.23 Å². The molecule has 0 aliphatic heterocycles. The van der Waals surface area contributed by atoms with Gasteiger partial charge in [-0.3, -0.25) is 0 Å². The summed E-state index contributed by atoms with van der Waals surface area (Å²) in [5.74, 6) is 0. The summed E-state index contributed by atoms with van der Waals surface area (Å²) in [6.07, 6.45) is 0. The summed E-state index contributed by atoms with van der Waals surface area (Å²) in [5, 5.41) is 0.851. The highest BCUT2D eigenvalue weighted by atomic mass is 79.9. The molecule has 0 spiro atoms. The topological polar surface area (TPSA) is 3.24 Å². The van der Waals surface area contributed by atoms with Gasteiger partial charge in [-0.1, -0.05) is 66.8 Å². The molecule has 0 heterocycles. The Hall–Kier alpha value is 0.224. The maximum atomic E-state index is 6.41. The zero-order valence-electron chi connectivity index (χ0n) is 11.4. The van der Waals surface area contributed by atoms with Gasteiger partial charge in [-0.25, -0.2) is 0 Å². The molecule has 5 heteroatoms. The third kappa shape index (κ3) is 3.84. The average molecular weight is 351 g/mol. The first-order chi connectivity index (χ1) is 7.53. The number of hydrogen-bond donors (Lipinski definition) is 0. The van der Waals surface area contributed by atoms with E-state index in [1.807, 2.05) is 6.07 Å². The molecule has 0 radical (unpaired) electrons. The third-order valence-electron chi connectivity index (χ3n) is 2.49. The molecule has 0 atom stereocenters. The van der Waals surface area contributed by atoms with Gasteiger partial charge in [-0.05, 0) is 18.2 Å². The van der Waals surface area contributed by atoms with E-state index in [-0.39, 0.29) is 0 Å². The molecule has 1 aromatic carbocycles. The Morgan fingerprint density at radius 3 is 1.82 bits per heavy atom. The molecular formula is C12H21BrClNSi2. The number of halogens is 2. The van der Waals surface area contributed by atoms with Crippen LogP contribution in [0, 0.1) is 0 Å². The van der Waals surface area contributed by atoms with Crippen molar-refractivity contribution < 1.29 is 0 Å². The monoisotopic (exact) mass is 349 g/mol. The fourth-order valence-corrected chi connectivity index (χ4v) is 13.2. The second-order valence-corrected chi connectivity index (χ2v) is 17.6. The Bertz CT molecular complexity index is 396. The van der Waals surface area contributed by atoms with Crippen LogP contribution < -0.4 is 4.23 Å². The molecule has 0 N–H and O–H groups in total. The van der Waals surface area contributed by atoms with Crippen molar-refractivity contribution in [3.05, 3.63) is 27.7 Å². The lowest BCUT2D eigenvalue weighted by atomic mass is 10.3. The van der Waals surface area contributed by atoms with Gasteiger partial charge >= 0.3 is 0 Å². The van der Waals surface area contributed by atoms with Crippen LogP contribution in [0.2, 0.25) is 44.3 Å². The largest absolute Gasteiger partial charge is 0.423 e. The second kappa shape index (κ2) is 5.07. The third-order valence-corrected chi connectivity index (χ3v) is 10.5. The maximum absolute atomic E-state index is 6.41. The fraction of sp³-hybridized carbons (Fsp3) is 0.500. The van der Waals surface area contributed by atoms with Gasteiger partial charge < -0.3 is 4.23 Å². The first-order valence-electron chi connectivity index (χ1n) is 5.79. The molecule has 0 saturated carbocycles. The Labute approximate surface area is 120 Å². The summed E-state index contributed by atoms with van der Waals surface area (Å²) in [6.45, 7) is 14.3. The Morgan fingerprint density at radius 1 is 1.00 bits per heavy atom. The molecule has 17 heavy (non-hydrogen) atoms. The summed E-state index contributed by atoms with van der Waals surface area (Å²) in [6, 6.07) is 6.21. The van der Waals surface area contributed by atoms with Crippen LogP contribution in [0.3, 0.4) is 0 Å². The smallest absolute Gasteiger partial charge is 0.138 e. The number of anilines is 1. The van der Waals surface area contributed by atoms with E-state index in [4.69, 9.17) is 11.6 Å². The average Bonchev–Trinajstić information content (AvgIpc) is 2.04. The van der Waals surface area contributed by atoms with Crippen LogP contribution in [0.25, 0.3) is 0 Å². The molecule has 0 amide bonds. The van der Waals surface area contributed by atoms with Gasteiger partial charge in [0.25, 0.3) is 0 Å². The number of benzene rings is 1. The zero-order chi connectivity index (χ0) is 13.4. The molecule has 0 aliphatic rings. The van der Waals surface area contributed by atoms with E-state index in [9.17, 15) is 0 Å². The molecule has 1 nitrogen and oxygen atoms in total. The van der Waals surface area contributed by atoms with Crippen LogP contribution in [-0.4, -0.2) is 16.5 Å². The van der Waals surface area contributed by atoms with Crippen molar-refractivity contribution in [1.29, 1.82) is 0 Å². The SMILES string of the molecule is C[Si](C)(C)N(c1ccc(Br)cc1Cl)[Si](C)(C)C. The van der Waals surface area contributed by atoms with Crippen LogP contribution >= 0.6 is 27.5 Å². The summed E-state index contributed by atoms with van der Waals surface area (Å²) < 4.78 is 3.67. The first-order valence-corrected chi connectivity index (χ1v) is 13.9. The van der Waals surface area contributed by atoms with Crippen LogP contribution in [-0.2, 0) is 0 Å². The standard InChI is InChI=1S/C12H21BrClNSi2/c1-16(2,3)15(17(4,5)6)12-8-7-10(13)9-11(12)14/h7-9H,1-6H3. The molecule has 0 saturated heterocycles. The summed E-state index contributed by atoms with van der Waals surface area (Å²) in [4.78, 5) is 0. The van der Waals surface area contributed by atoms with E-state index in [0.29, 0.717) is 0 Å². The fourth-order valence-electron chi connectivity index (χ4n) is 2.39. The van der Waals surface area contributed by atoms with Gasteiger partial charge in [0.1, 0.15) is 16.5 Å². The van der Waals surface area contributed by atoms with Crippen LogP contribution in [0.15, 0.2) is 22.7 Å². The van der Waals surface area contributed by atoms with E-state index in [1.54, 1.807) is 0 Å². The second-order valence-electron chi connectivity index (χ2n) is 6.27. The highest BCUT2D eigenvalue weighted by Gasteiger charge is 2.35. The van der Waals surface area contributed by atoms with Gasteiger partial charge in [-0.2, -0.15) is 0 Å². The van der Waals surface area contributed by atoms with E-state index in [1.165, 1.54) is 5.69 Å². The summed E-state index contributed by atoms with van der Waals surface area (Å²) in [5.41, 5.74) is 1.20. The number of hydrogen-bond acceptors (Lipinski definition) is 1. The number of rotatable bonds is 3. The number of nitrogens with zero attached hydrogens (tertiary/aromatic N) is 1. The molecule has 1 aromatic rings. The zero-order valence-corrected chi connectivity index (χ0v) is 15.8. The molecule has 0 bridgehead atoms. The predicted molar refractivity (Wildman–Crippen MR) is 88.3 cm³/mol. The van der Waals surface area contributed by atoms with Crippen LogP contribution in [0.4, 0.5) is 5.69 Å². The minimum absolute atomic E-state index is 0.851. The minimum atomic E-state index is -1.42. The van der Waals surface area contributed by atoms with Crippen LogP contribution in [0.1, 0.15) is 0 Å². The van der Waals surface area contributed by atoms with Gasteiger partial charge in [0.15, 0.2) is 0 Å². The highest BCUT2D eigenvalue weighted by molar-refractivity contribution is 9.10. The van der Waals surface area contributed by atoms with E-state index < -0.39 is 16.5 Å². The maximum Gasteiger partial charge on any atom is 0.138 e. The van der Waals surface area contributed by atoms with Crippen molar-refractivity contribution >= 4 is 49.7 Å². The molecule has 96 valence electrons. The Kier molecular flexibility index (Phi) is 4.56. The van der Waals surface area contributed by atoms with Gasteiger partial charge in [-0.15, -0.1) is 0 Å². The van der Waals surface area contributed by atoms with E-state index in [2.05, 4.69) is 71.6 Å². The van der Waals surface area contributed by atoms with E-state index >= 15 is 0 Å². The lowest BCUT2D eigenvalue weighted by Crippen LogP contribution is -2.59. The van der Waals surface area contributed by atoms with Crippen molar-refractivity contribution in [2.24, 2.45) is 0 Å². The lowest BCUT2D eigenvalue weighted by Gasteiger charge is -2.46. The summed E-state index contributed by atoms with van der Waals surface area (Å²) in [7, 11) is -2.83. The molecule has 0 aromatic heterocycles. The van der Waals surface area contributed by atoms with Crippen molar-refractivity contribution in [3.63, 3.8) is 0 Å². The van der Waals surface area contributed by atoms with Crippen LogP contribution in [0.5, 0.6) is 0 Å². The minimum Gasteiger partial charge on any atom is -0.423 e. The van der Waals surface area contributed by atoms with Crippen molar-refractivity contribution in [3.8, 4) is 0 Å².